The summed E-state index contributed by atoms with van der Waals surface area (Å²) in [6, 6.07) is 9.65. The maximum Gasteiger partial charge on any atom is 0.306 e. The Morgan fingerprint density at radius 2 is 2.25 bits per heavy atom. The van der Waals surface area contributed by atoms with E-state index in [1.165, 1.54) is 6.20 Å². The molecule has 0 aliphatic heterocycles. The van der Waals surface area contributed by atoms with E-state index in [-0.39, 0.29) is 0 Å². The number of pyridine rings is 1. The van der Waals surface area contributed by atoms with Gasteiger partial charge in [-0.05, 0) is 12.5 Å². The molecule has 1 aromatic heterocycles. The smallest absolute Gasteiger partial charge is 0.306 e. The number of benzene rings is 1. The van der Waals surface area contributed by atoms with Crippen LogP contribution < -0.4 is 5.32 Å². The molecule has 1 heterocycles. The zero-order valence-corrected chi connectivity index (χ0v) is 11.1. The third kappa shape index (κ3) is 2.86. The lowest BCUT2D eigenvalue weighted by Crippen LogP contribution is -2.15. The molecule has 0 fully saturated rings. The summed E-state index contributed by atoms with van der Waals surface area (Å²) in [4.78, 5) is 15.0. The second-order valence-electron chi connectivity index (χ2n) is 4.63. The van der Waals surface area contributed by atoms with E-state index in [1.54, 1.807) is 6.92 Å². The number of anilines is 1. The Bertz CT molecular complexity index is 676. The quantitative estimate of drug-likeness (QED) is 0.871. The van der Waals surface area contributed by atoms with E-state index in [4.69, 9.17) is 10.4 Å². The molecule has 20 heavy (non-hydrogen) atoms. The third-order valence-corrected chi connectivity index (χ3v) is 3.20. The first kappa shape index (κ1) is 13.8. The van der Waals surface area contributed by atoms with Crippen LogP contribution in [0.5, 0.6) is 0 Å². The number of nitrogens with zero attached hydrogens (tertiary/aromatic N) is 2. The van der Waals surface area contributed by atoms with Crippen molar-refractivity contribution in [1.29, 1.82) is 5.26 Å². The summed E-state index contributed by atoms with van der Waals surface area (Å²) in [5.41, 5.74) is 1.99. The van der Waals surface area contributed by atoms with Crippen LogP contribution in [0.15, 0.2) is 30.5 Å². The minimum atomic E-state index is -0.813. The molecule has 2 rings (SSSR count). The molecule has 0 aliphatic rings. The molecule has 0 saturated heterocycles. The van der Waals surface area contributed by atoms with Crippen molar-refractivity contribution in [2.24, 2.45) is 5.92 Å². The largest absolute Gasteiger partial charge is 0.481 e. The van der Waals surface area contributed by atoms with Gasteiger partial charge in [-0.1, -0.05) is 25.1 Å². The number of aromatic nitrogens is 1. The van der Waals surface area contributed by atoms with E-state index >= 15 is 0 Å². The Morgan fingerprint density at radius 3 is 2.95 bits per heavy atom. The average Bonchev–Trinajstić information content (AvgIpc) is 2.47. The number of rotatable bonds is 5. The Labute approximate surface area is 116 Å². The number of fused-ring (bicyclic) bond motifs is 1. The SMILES string of the molecule is CC(CCNc1c(C#N)cnc2ccccc12)C(=O)O. The minimum absolute atomic E-state index is 0.416. The first-order chi connectivity index (χ1) is 9.63. The Hall–Kier alpha value is -2.61. The second-order valence-corrected chi connectivity index (χ2v) is 4.63. The molecule has 2 N–H and O–H groups in total. The molecule has 1 atom stereocenters. The summed E-state index contributed by atoms with van der Waals surface area (Å²) in [6.07, 6.45) is 2.03. The van der Waals surface area contributed by atoms with E-state index in [0.717, 1.165) is 16.6 Å². The van der Waals surface area contributed by atoms with Crippen LogP contribution in [0.2, 0.25) is 0 Å². The van der Waals surface area contributed by atoms with Gasteiger partial charge in [-0.15, -0.1) is 0 Å². The van der Waals surface area contributed by atoms with Crippen molar-refractivity contribution >= 4 is 22.6 Å². The number of nitriles is 1. The van der Waals surface area contributed by atoms with Crippen LogP contribution in [-0.4, -0.2) is 22.6 Å². The number of aliphatic carboxylic acids is 1. The normalized spacial score (nSPS) is 11.8. The average molecular weight is 269 g/mol. The standard InChI is InChI=1S/C15H15N3O2/c1-10(15(19)20)6-7-17-14-11(8-16)9-18-13-5-3-2-4-12(13)14/h2-5,9-10H,6-7H2,1H3,(H,17,18)(H,19,20). The molecule has 0 amide bonds. The molecular formula is C15H15N3O2. The van der Waals surface area contributed by atoms with Crippen LogP contribution in [0.4, 0.5) is 5.69 Å². The number of hydrogen-bond donors (Lipinski definition) is 2. The Kier molecular flexibility index (Phi) is 4.16. The highest BCUT2D eigenvalue weighted by molar-refractivity contribution is 5.93. The molecule has 0 aliphatic carbocycles. The summed E-state index contributed by atoms with van der Waals surface area (Å²) >= 11 is 0. The summed E-state index contributed by atoms with van der Waals surface area (Å²) in [5, 5.41) is 22.0. The van der Waals surface area contributed by atoms with Crippen LogP contribution in [-0.2, 0) is 4.79 Å². The topological polar surface area (TPSA) is 86.0 Å². The van der Waals surface area contributed by atoms with Gasteiger partial charge >= 0.3 is 5.97 Å². The lowest BCUT2D eigenvalue weighted by atomic mass is 10.1. The Morgan fingerprint density at radius 1 is 1.50 bits per heavy atom. The Balaban J connectivity index is 2.24. The highest BCUT2D eigenvalue weighted by Gasteiger charge is 2.12. The number of carboxylic acids is 1. The van der Waals surface area contributed by atoms with Gasteiger partial charge in [0.25, 0.3) is 0 Å². The van der Waals surface area contributed by atoms with E-state index in [2.05, 4.69) is 16.4 Å². The summed E-state index contributed by atoms with van der Waals surface area (Å²) in [6.45, 7) is 2.16. The summed E-state index contributed by atoms with van der Waals surface area (Å²) < 4.78 is 0. The highest BCUT2D eigenvalue weighted by Crippen LogP contribution is 2.25. The van der Waals surface area contributed by atoms with Gasteiger partial charge < -0.3 is 10.4 Å². The fourth-order valence-corrected chi connectivity index (χ4v) is 1.95. The lowest BCUT2D eigenvalue weighted by Gasteiger charge is -2.12. The van der Waals surface area contributed by atoms with Crippen molar-refractivity contribution in [2.75, 3.05) is 11.9 Å². The molecule has 2 aromatic rings. The zero-order valence-electron chi connectivity index (χ0n) is 11.1. The van der Waals surface area contributed by atoms with E-state index in [1.807, 2.05) is 24.3 Å². The third-order valence-electron chi connectivity index (χ3n) is 3.20. The van der Waals surface area contributed by atoms with Gasteiger partial charge in [0.2, 0.25) is 0 Å². The molecule has 0 bridgehead atoms. The van der Waals surface area contributed by atoms with E-state index < -0.39 is 11.9 Å². The monoisotopic (exact) mass is 269 g/mol. The molecule has 0 saturated carbocycles. The van der Waals surface area contributed by atoms with Crippen molar-refractivity contribution < 1.29 is 9.90 Å². The van der Waals surface area contributed by atoms with Crippen LogP contribution in [0.25, 0.3) is 10.9 Å². The van der Waals surface area contributed by atoms with Crippen molar-refractivity contribution in [3.05, 3.63) is 36.0 Å². The van der Waals surface area contributed by atoms with Crippen LogP contribution in [0, 0.1) is 17.2 Å². The van der Waals surface area contributed by atoms with Crippen LogP contribution in [0.1, 0.15) is 18.9 Å². The predicted molar refractivity (Wildman–Crippen MR) is 76.4 cm³/mol. The van der Waals surface area contributed by atoms with Crippen molar-refractivity contribution in [1.82, 2.24) is 4.98 Å². The van der Waals surface area contributed by atoms with Gasteiger partial charge in [0.15, 0.2) is 0 Å². The lowest BCUT2D eigenvalue weighted by molar-refractivity contribution is -0.141. The van der Waals surface area contributed by atoms with E-state index in [0.29, 0.717) is 18.5 Å². The number of carboxylic acid groups (broad SMARTS) is 1. The molecule has 1 aromatic carbocycles. The predicted octanol–water partition coefficient (Wildman–Crippen LogP) is 2.63. The first-order valence-electron chi connectivity index (χ1n) is 6.38. The van der Waals surface area contributed by atoms with Crippen LogP contribution >= 0.6 is 0 Å². The molecule has 5 nitrogen and oxygen atoms in total. The zero-order chi connectivity index (χ0) is 14.5. The van der Waals surface area contributed by atoms with Crippen molar-refractivity contribution in [3.63, 3.8) is 0 Å². The van der Waals surface area contributed by atoms with Gasteiger partial charge in [0.1, 0.15) is 6.07 Å². The summed E-state index contributed by atoms with van der Waals surface area (Å²) in [5.74, 6) is -1.23. The number of para-hydroxylation sites is 1. The van der Waals surface area contributed by atoms with Gasteiger partial charge in [0, 0.05) is 18.1 Å². The minimum Gasteiger partial charge on any atom is -0.481 e. The van der Waals surface area contributed by atoms with Gasteiger partial charge in [-0.2, -0.15) is 5.26 Å². The second kappa shape index (κ2) is 6.02. The highest BCUT2D eigenvalue weighted by atomic mass is 16.4. The number of hydrogen-bond acceptors (Lipinski definition) is 4. The molecular weight excluding hydrogens is 254 g/mol. The number of carbonyl (C=O) groups is 1. The van der Waals surface area contributed by atoms with Gasteiger partial charge in [0.05, 0.1) is 22.7 Å². The fourth-order valence-electron chi connectivity index (χ4n) is 1.95. The first-order valence-corrected chi connectivity index (χ1v) is 6.38. The van der Waals surface area contributed by atoms with Crippen molar-refractivity contribution in [2.45, 2.75) is 13.3 Å². The maximum absolute atomic E-state index is 10.8. The van der Waals surface area contributed by atoms with Crippen molar-refractivity contribution in [3.8, 4) is 6.07 Å². The van der Waals surface area contributed by atoms with Crippen LogP contribution in [0.3, 0.4) is 0 Å². The fraction of sp³-hybridized carbons (Fsp3) is 0.267. The molecule has 5 heteroatoms. The molecule has 0 spiro atoms. The summed E-state index contributed by atoms with van der Waals surface area (Å²) in [7, 11) is 0. The molecule has 1 unspecified atom stereocenters. The molecule has 102 valence electrons. The van der Waals surface area contributed by atoms with E-state index in [9.17, 15) is 4.79 Å². The number of nitrogens with one attached hydrogen (secondary N) is 1. The van der Waals surface area contributed by atoms with Gasteiger partial charge in [-0.25, -0.2) is 0 Å². The van der Waals surface area contributed by atoms with Gasteiger partial charge in [-0.3, -0.25) is 9.78 Å². The molecule has 0 radical (unpaired) electrons. The maximum atomic E-state index is 10.8.